The number of pyridine rings is 1. The zero-order chi connectivity index (χ0) is 13.7. The highest BCUT2D eigenvalue weighted by atomic mass is 16.3. The van der Waals surface area contributed by atoms with Gasteiger partial charge in [0.15, 0.2) is 0 Å². The molecular formula is C15H16N4O. The van der Waals surface area contributed by atoms with Crippen molar-refractivity contribution >= 4 is 5.52 Å². The molecular weight excluding hydrogens is 252 g/mol. The number of fused-ring (bicyclic) bond motifs is 3. The standard InChI is InChI=1S/C15H16N4O/c1-10-2-3-13-11-6-15(20,14-7-16-9-17-14)5-4-12(11)18-19(13)8-10/h2-3,7-9,20H,4-6H2,1H3,(H,16,17). The fourth-order valence-electron chi connectivity index (χ4n) is 3.08. The molecule has 5 heteroatoms. The maximum absolute atomic E-state index is 10.9. The van der Waals surface area contributed by atoms with Gasteiger partial charge in [-0.15, -0.1) is 0 Å². The molecule has 0 bridgehead atoms. The summed E-state index contributed by atoms with van der Waals surface area (Å²) in [5, 5.41) is 15.5. The molecule has 3 heterocycles. The molecule has 1 unspecified atom stereocenters. The largest absolute Gasteiger partial charge is 0.383 e. The molecule has 1 aliphatic carbocycles. The molecule has 0 spiro atoms. The van der Waals surface area contributed by atoms with Crippen LogP contribution in [-0.2, 0) is 18.4 Å². The van der Waals surface area contributed by atoms with Crippen LogP contribution < -0.4 is 0 Å². The zero-order valence-corrected chi connectivity index (χ0v) is 11.3. The number of hydrogen-bond acceptors (Lipinski definition) is 3. The highest BCUT2D eigenvalue weighted by Crippen LogP contribution is 2.36. The van der Waals surface area contributed by atoms with E-state index in [1.807, 2.05) is 10.7 Å². The van der Waals surface area contributed by atoms with Crippen LogP contribution in [0.1, 0.15) is 28.9 Å². The lowest BCUT2D eigenvalue weighted by Gasteiger charge is -2.30. The van der Waals surface area contributed by atoms with Gasteiger partial charge in [0.1, 0.15) is 5.60 Å². The topological polar surface area (TPSA) is 66.2 Å². The van der Waals surface area contributed by atoms with Crippen molar-refractivity contribution < 1.29 is 5.11 Å². The molecule has 4 rings (SSSR count). The van der Waals surface area contributed by atoms with E-state index < -0.39 is 5.60 Å². The predicted molar refractivity (Wildman–Crippen MR) is 74.4 cm³/mol. The van der Waals surface area contributed by atoms with Crippen LogP contribution in [0.15, 0.2) is 30.9 Å². The smallest absolute Gasteiger partial charge is 0.113 e. The van der Waals surface area contributed by atoms with Gasteiger partial charge in [-0.3, -0.25) is 0 Å². The lowest BCUT2D eigenvalue weighted by atomic mass is 9.81. The Bertz CT molecular complexity index is 775. The van der Waals surface area contributed by atoms with Crippen molar-refractivity contribution in [1.29, 1.82) is 0 Å². The van der Waals surface area contributed by atoms with Crippen molar-refractivity contribution in [3.8, 4) is 0 Å². The number of nitrogens with one attached hydrogen (secondary N) is 1. The van der Waals surface area contributed by atoms with Gasteiger partial charge in [0.05, 0.1) is 23.2 Å². The van der Waals surface area contributed by atoms with Crippen LogP contribution in [0.5, 0.6) is 0 Å². The molecule has 0 amide bonds. The monoisotopic (exact) mass is 268 g/mol. The molecule has 5 nitrogen and oxygen atoms in total. The van der Waals surface area contributed by atoms with Gasteiger partial charge in [-0.1, -0.05) is 6.07 Å². The SMILES string of the molecule is Cc1ccc2c3c(nn2c1)CCC(O)(c1c[nH]cn1)C3. The van der Waals surface area contributed by atoms with Gasteiger partial charge in [-0.2, -0.15) is 5.10 Å². The van der Waals surface area contributed by atoms with Crippen LogP contribution in [0.2, 0.25) is 0 Å². The second-order valence-corrected chi connectivity index (χ2v) is 5.62. The molecule has 102 valence electrons. The summed E-state index contributed by atoms with van der Waals surface area (Å²) in [6.45, 7) is 2.06. The van der Waals surface area contributed by atoms with Crippen molar-refractivity contribution in [2.24, 2.45) is 0 Å². The van der Waals surface area contributed by atoms with Crippen LogP contribution in [-0.4, -0.2) is 24.7 Å². The molecule has 0 aromatic carbocycles. The number of H-pyrrole nitrogens is 1. The zero-order valence-electron chi connectivity index (χ0n) is 11.3. The van der Waals surface area contributed by atoms with Crippen LogP contribution in [0.4, 0.5) is 0 Å². The third kappa shape index (κ3) is 1.59. The molecule has 1 aliphatic rings. The first-order valence-corrected chi connectivity index (χ1v) is 6.84. The summed E-state index contributed by atoms with van der Waals surface area (Å²) in [6, 6.07) is 4.16. The molecule has 1 atom stereocenters. The van der Waals surface area contributed by atoms with Crippen LogP contribution >= 0.6 is 0 Å². The lowest BCUT2D eigenvalue weighted by molar-refractivity contribution is 0.0184. The lowest BCUT2D eigenvalue weighted by Crippen LogP contribution is -2.33. The molecule has 3 aromatic heterocycles. The van der Waals surface area contributed by atoms with Gasteiger partial charge in [-0.05, 0) is 31.4 Å². The minimum absolute atomic E-state index is 0.569. The highest BCUT2D eigenvalue weighted by molar-refractivity contribution is 5.58. The fourth-order valence-corrected chi connectivity index (χ4v) is 3.08. The maximum Gasteiger partial charge on any atom is 0.113 e. The summed E-state index contributed by atoms with van der Waals surface area (Å²) in [7, 11) is 0. The summed E-state index contributed by atoms with van der Waals surface area (Å²) < 4.78 is 1.93. The third-order valence-electron chi connectivity index (χ3n) is 4.18. The molecule has 3 aromatic rings. The first-order valence-electron chi connectivity index (χ1n) is 6.84. The van der Waals surface area contributed by atoms with Gasteiger partial charge < -0.3 is 10.1 Å². The summed E-state index contributed by atoms with van der Waals surface area (Å²) >= 11 is 0. The Morgan fingerprint density at radius 3 is 3.10 bits per heavy atom. The van der Waals surface area contributed by atoms with Crippen molar-refractivity contribution in [3.05, 3.63) is 53.4 Å². The normalized spacial score (nSPS) is 22.1. The van der Waals surface area contributed by atoms with Gasteiger partial charge >= 0.3 is 0 Å². The van der Waals surface area contributed by atoms with E-state index in [2.05, 4.69) is 34.1 Å². The number of rotatable bonds is 1. The van der Waals surface area contributed by atoms with Crippen LogP contribution in [0.3, 0.4) is 0 Å². The van der Waals surface area contributed by atoms with E-state index in [0.29, 0.717) is 12.8 Å². The van der Waals surface area contributed by atoms with Crippen molar-refractivity contribution in [1.82, 2.24) is 19.6 Å². The van der Waals surface area contributed by atoms with Crippen molar-refractivity contribution in [2.45, 2.75) is 31.8 Å². The van der Waals surface area contributed by atoms with Gasteiger partial charge in [0.25, 0.3) is 0 Å². The number of imidazole rings is 1. The predicted octanol–water partition coefficient (Wildman–Crippen LogP) is 1.74. The first kappa shape index (κ1) is 11.7. The third-order valence-corrected chi connectivity index (χ3v) is 4.18. The number of hydrogen-bond donors (Lipinski definition) is 2. The minimum Gasteiger partial charge on any atom is -0.383 e. The van der Waals surface area contributed by atoms with Crippen LogP contribution in [0, 0.1) is 6.92 Å². The van der Waals surface area contributed by atoms with Gasteiger partial charge in [0, 0.05) is 24.4 Å². The molecule has 0 saturated carbocycles. The van der Waals surface area contributed by atoms with Gasteiger partial charge in [0.2, 0.25) is 0 Å². The second kappa shape index (κ2) is 3.93. The average Bonchev–Trinajstić information content (AvgIpc) is 3.05. The second-order valence-electron chi connectivity index (χ2n) is 5.62. The number of aromatic amines is 1. The van der Waals surface area contributed by atoms with E-state index in [1.165, 1.54) is 5.56 Å². The molecule has 0 radical (unpaired) electrons. The van der Waals surface area contributed by atoms with E-state index in [9.17, 15) is 5.11 Å². The Kier molecular flexibility index (Phi) is 2.29. The van der Waals surface area contributed by atoms with E-state index in [-0.39, 0.29) is 0 Å². The van der Waals surface area contributed by atoms with Crippen molar-refractivity contribution in [2.75, 3.05) is 0 Å². The molecule has 20 heavy (non-hydrogen) atoms. The quantitative estimate of drug-likeness (QED) is 0.706. The number of aromatic nitrogens is 4. The number of nitrogens with zero attached hydrogens (tertiary/aromatic N) is 3. The first-order chi connectivity index (χ1) is 9.66. The summed E-state index contributed by atoms with van der Waals surface area (Å²) in [4.78, 5) is 7.15. The van der Waals surface area contributed by atoms with E-state index in [4.69, 9.17) is 0 Å². The minimum atomic E-state index is -0.887. The molecule has 0 fully saturated rings. The van der Waals surface area contributed by atoms with E-state index in [0.717, 1.165) is 28.9 Å². The Hall–Kier alpha value is -2.14. The van der Waals surface area contributed by atoms with E-state index in [1.54, 1.807) is 12.5 Å². The number of aryl methyl sites for hydroxylation is 2. The Balaban J connectivity index is 1.84. The Labute approximate surface area is 116 Å². The van der Waals surface area contributed by atoms with Gasteiger partial charge in [-0.25, -0.2) is 9.50 Å². The summed E-state index contributed by atoms with van der Waals surface area (Å²) in [5.74, 6) is 0. The molecule has 0 saturated heterocycles. The average molecular weight is 268 g/mol. The fraction of sp³-hybridized carbons (Fsp3) is 0.333. The molecule has 0 aliphatic heterocycles. The Morgan fingerprint density at radius 2 is 2.30 bits per heavy atom. The summed E-state index contributed by atoms with van der Waals surface area (Å²) in [6.07, 6.45) is 7.43. The van der Waals surface area contributed by atoms with Crippen molar-refractivity contribution in [3.63, 3.8) is 0 Å². The van der Waals surface area contributed by atoms with E-state index >= 15 is 0 Å². The van der Waals surface area contributed by atoms with Crippen LogP contribution in [0.25, 0.3) is 5.52 Å². The number of aliphatic hydroxyl groups is 1. The highest BCUT2D eigenvalue weighted by Gasteiger charge is 2.37. The molecule has 2 N–H and O–H groups in total. The Morgan fingerprint density at radius 1 is 1.40 bits per heavy atom. The maximum atomic E-state index is 10.9. The summed E-state index contributed by atoms with van der Waals surface area (Å²) in [5.41, 5.74) is 4.33.